The molecule has 41 heavy (non-hydrogen) atoms. The predicted octanol–water partition coefficient (Wildman–Crippen LogP) is 6.15. The average molecular weight is 593 g/mol. The van der Waals surface area contributed by atoms with Gasteiger partial charge in [-0.05, 0) is 64.0 Å². The van der Waals surface area contributed by atoms with Gasteiger partial charge in [0.25, 0.3) is 0 Å². The number of likely N-dealkylation sites (tertiary alicyclic amines) is 2. The van der Waals surface area contributed by atoms with E-state index in [1.165, 1.54) is 12.1 Å². The molecule has 4 rings (SSSR count). The van der Waals surface area contributed by atoms with Crippen LogP contribution in [0, 0.1) is 40.2 Å². The molecule has 0 N–H and O–H groups in total. The maximum absolute atomic E-state index is 15.0. The second-order valence-electron chi connectivity index (χ2n) is 14.4. The fourth-order valence-electron chi connectivity index (χ4n) is 6.85. The summed E-state index contributed by atoms with van der Waals surface area (Å²) >= 11 is 0. The van der Waals surface area contributed by atoms with Gasteiger partial charge < -0.3 is 9.80 Å². The lowest BCUT2D eigenvalue weighted by Gasteiger charge is -2.42. The Labute approximate surface area is 250 Å². The number of rotatable bonds is 4. The van der Waals surface area contributed by atoms with E-state index in [0.717, 1.165) is 31.7 Å². The van der Waals surface area contributed by atoms with Crippen LogP contribution in [0.2, 0.25) is 0 Å². The first-order valence-corrected chi connectivity index (χ1v) is 14.8. The van der Waals surface area contributed by atoms with E-state index >= 15 is 4.39 Å². The van der Waals surface area contributed by atoms with E-state index in [1.807, 2.05) is 25.7 Å². The van der Waals surface area contributed by atoms with Gasteiger partial charge in [0.1, 0.15) is 17.7 Å². The minimum absolute atomic E-state index is 0. The zero-order valence-corrected chi connectivity index (χ0v) is 26.4. The molecule has 4 atom stereocenters. The number of hydrogen-bond acceptors (Lipinski definition) is 4. The van der Waals surface area contributed by atoms with E-state index in [4.69, 9.17) is 0 Å². The first kappa shape index (κ1) is 33.3. The van der Waals surface area contributed by atoms with Gasteiger partial charge >= 0.3 is 0 Å². The third-order valence-corrected chi connectivity index (χ3v) is 9.31. The lowest BCUT2D eigenvalue weighted by Crippen LogP contribution is -2.53. The van der Waals surface area contributed by atoms with Gasteiger partial charge in [-0.3, -0.25) is 14.5 Å². The van der Waals surface area contributed by atoms with E-state index in [1.54, 1.807) is 4.90 Å². The Hall–Kier alpha value is -2.24. The second-order valence-corrected chi connectivity index (χ2v) is 14.4. The molecule has 3 fully saturated rings. The molecule has 9 heteroatoms. The number of halogens is 3. The Morgan fingerprint density at radius 1 is 0.976 bits per heavy atom. The van der Waals surface area contributed by atoms with Gasteiger partial charge in [0.15, 0.2) is 0 Å². The van der Waals surface area contributed by atoms with E-state index in [0.29, 0.717) is 37.5 Å². The fourth-order valence-corrected chi connectivity index (χ4v) is 6.85. The molecule has 0 aromatic heterocycles. The van der Waals surface area contributed by atoms with Crippen LogP contribution in [0.5, 0.6) is 0 Å². The van der Waals surface area contributed by atoms with Crippen molar-refractivity contribution in [3.8, 4) is 6.07 Å². The molecule has 1 saturated carbocycles. The van der Waals surface area contributed by atoms with Crippen LogP contribution < -0.4 is 0 Å². The Morgan fingerprint density at radius 2 is 1.61 bits per heavy atom. The summed E-state index contributed by atoms with van der Waals surface area (Å²) in [5.74, 6) is -1.82. The second kappa shape index (κ2) is 12.6. The molecule has 3 aliphatic rings. The smallest absolute Gasteiger partial charge is 0.228 e. The van der Waals surface area contributed by atoms with Gasteiger partial charge in [-0.1, -0.05) is 33.8 Å². The monoisotopic (exact) mass is 592 g/mol. The summed E-state index contributed by atoms with van der Waals surface area (Å²) in [6.07, 6.45) is 4.40. The molecule has 0 bridgehead atoms. The summed E-state index contributed by atoms with van der Waals surface area (Å²) in [5, 5.41) is 10.2. The number of benzene rings is 1. The summed E-state index contributed by atoms with van der Waals surface area (Å²) in [5.41, 5.74) is -0.497. The molecule has 2 aliphatic heterocycles. The van der Waals surface area contributed by atoms with Gasteiger partial charge in [0.2, 0.25) is 11.8 Å². The third kappa shape index (κ3) is 7.05. The third-order valence-electron chi connectivity index (χ3n) is 9.31. The number of carbonyl (C=O) groups is 2. The van der Waals surface area contributed by atoms with Crippen LogP contribution in [0.25, 0.3) is 0 Å². The number of carbonyl (C=O) groups excluding carboxylic acids is 2. The van der Waals surface area contributed by atoms with Gasteiger partial charge in [0, 0.05) is 55.0 Å². The van der Waals surface area contributed by atoms with Crippen molar-refractivity contribution in [3.63, 3.8) is 0 Å². The van der Waals surface area contributed by atoms with E-state index in [2.05, 4.69) is 38.7 Å². The standard InChI is InChI=1S/C32H46F2N4O2.ClH/c1-20-8-11-22(12-9-20)38(30(40)31(2,3)4)24-15-23(16-35)37(17-24)29(39)27-19-36(32(5,6)7)18-26(27)25-13-10-21(33)14-28(25)34;/h10,13-14,20,22-24,26-27H,8-9,11-12,15,17-19H2,1-7H3;1H/t20?,22?,23-,24-,26-,27?;/m0./s1. The average Bonchev–Trinajstić information content (AvgIpc) is 3.49. The quantitative estimate of drug-likeness (QED) is 0.421. The first-order chi connectivity index (χ1) is 18.6. The van der Waals surface area contributed by atoms with Crippen molar-refractivity contribution in [2.45, 2.75) is 110 Å². The van der Waals surface area contributed by atoms with Gasteiger partial charge in [0.05, 0.1) is 18.0 Å². The van der Waals surface area contributed by atoms with E-state index in [9.17, 15) is 19.2 Å². The number of hydrogen-bond donors (Lipinski definition) is 0. The summed E-state index contributed by atoms with van der Waals surface area (Å²) in [4.78, 5) is 33.8. The molecular formula is C32H47ClF2N4O2. The molecule has 6 nitrogen and oxygen atoms in total. The highest BCUT2D eigenvalue weighted by molar-refractivity contribution is 5.85. The van der Waals surface area contributed by atoms with Crippen molar-refractivity contribution >= 4 is 24.2 Å². The number of nitriles is 1. The lowest BCUT2D eigenvalue weighted by molar-refractivity contribution is -0.146. The maximum atomic E-state index is 15.0. The molecule has 2 heterocycles. The van der Waals surface area contributed by atoms with Crippen molar-refractivity contribution in [2.75, 3.05) is 19.6 Å². The van der Waals surface area contributed by atoms with Crippen LogP contribution in [0.4, 0.5) is 8.78 Å². The Bertz CT molecular complexity index is 1150. The fraction of sp³-hybridized carbons (Fsp3) is 0.719. The summed E-state index contributed by atoms with van der Waals surface area (Å²) < 4.78 is 28.8. The largest absolute Gasteiger partial charge is 0.334 e. The zero-order valence-electron chi connectivity index (χ0n) is 25.6. The van der Waals surface area contributed by atoms with Crippen molar-refractivity contribution in [1.29, 1.82) is 5.26 Å². The molecule has 1 unspecified atom stereocenters. The number of nitrogens with zero attached hydrogens (tertiary/aromatic N) is 4. The molecule has 1 aromatic rings. The lowest BCUT2D eigenvalue weighted by atomic mass is 9.84. The van der Waals surface area contributed by atoms with Crippen LogP contribution >= 0.6 is 12.4 Å². The minimum Gasteiger partial charge on any atom is -0.334 e. The Balaban J connectivity index is 0.00000462. The zero-order chi connectivity index (χ0) is 29.6. The first-order valence-electron chi connectivity index (χ1n) is 14.8. The number of amides is 2. The topological polar surface area (TPSA) is 67.6 Å². The summed E-state index contributed by atoms with van der Waals surface area (Å²) in [7, 11) is 0. The molecule has 1 aliphatic carbocycles. The highest BCUT2D eigenvalue weighted by atomic mass is 35.5. The van der Waals surface area contributed by atoms with E-state index in [-0.39, 0.29) is 41.8 Å². The van der Waals surface area contributed by atoms with Crippen molar-refractivity contribution < 1.29 is 18.4 Å². The summed E-state index contributed by atoms with van der Waals surface area (Å²) in [6, 6.07) is 5.11. The predicted molar refractivity (Wildman–Crippen MR) is 158 cm³/mol. The van der Waals surface area contributed by atoms with Crippen LogP contribution in [0.1, 0.15) is 92.1 Å². The molecular weight excluding hydrogens is 546 g/mol. The van der Waals surface area contributed by atoms with Gasteiger partial charge in [-0.25, -0.2) is 8.78 Å². The molecule has 0 radical (unpaired) electrons. The van der Waals surface area contributed by atoms with Gasteiger partial charge in [-0.15, -0.1) is 12.4 Å². The highest BCUT2D eigenvalue weighted by Gasteiger charge is 2.49. The van der Waals surface area contributed by atoms with Crippen molar-refractivity contribution in [1.82, 2.24) is 14.7 Å². The van der Waals surface area contributed by atoms with E-state index < -0.39 is 34.9 Å². The van der Waals surface area contributed by atoms with Crippen LogP contribution in [0.15, 0.2) is 18.2 Å². The summed E-state index contributed by atoms with van der Waals surface area (Å²) in [6.45, 7) is 15.4. The van der Waals surface area contributed by atoms with Crippen LogP contribution in [-0.2, 0) is 9.59 Å². The SMILES string of the molecule is CC1CCC(N(C(=O)C(C)(C)C)[C@H]2C[C@@H](C#N)N(C(=O)C3CN(C(C)(C)C)C[C@H]3c3ccc(F)cc3F)C2)CC1.Cl. The van der Waals surface area contributed by atoms with Gasteiger partial charge in [-0.2, -0.15) is 5.26 Å². The normalized spacial score (nSPS) is 29.1. The highest BCUT2D eigenvalue weighted by Crippen LogP contribution is 2.41. The van der Waals surface area contributed by atoms with Crippen LogP contribution in [-0.4, -0.2) is 69.8 Å². The Kier molecular flexibility index (Phi) is 10.2. The molecule has 2 amide bonds. The minimum atomic E-state index is -0.655. The van der Waals surface area contributed by atoms with Crippen LogP contribution in [0.3, 0.4) is 0 Å². The molecule has 1 aromatic carbocycles. The van der Waals surface area contributed by atoms with Crippen molar-refractivity contribution in [2.24, 2.45) is 17.3 Å². The molecule has 2 saturated heterocycles. The van der Waals surface area contributed by atoms with Crippen molar-refractivity contribution in [3.05, 3.63) is 35.4 Å². The maximum Gasteiger partial charge on any atom is 0.228 e. The molecule has 0 spiro atoms. The molecule has 228 valence electrons. The Morgan fingerprint density at radius 3 is 2.15 bits per heavy atom.